The molecule has 4 aromatic rings. The molecule has 0 radical (unpaired) electrons. The van der Waals surface area contributed by atoms with Gasteiger partial charge in [-0.05, 0) is 24.3 Å². The number of amides is 1. The van der Waals surface area contributed by atoms with Gasteiger partial charge >= 0.3 is 18.3 Å². The number of methoxy groups -OCH3 is 2. The van der Waals surface area contributed by atoms with Gasteiger partial charge in [-0.25, -0.2) is 24.7 Å². The average molecular weight is 593 g/mol. The fourth-order valence-corrected chi connectivity index (χ4v) is 3.15. The summed E-state index contributed by atoms with van der Waals surface area (Å²) < 4.78 is 83.9. The van der Waals surface area contributed by atoms with Crippen molar-refractivity contribution in [1.29, 1.82) is 0 Å². The summed E-state index contributed by atoms with van der Waals surface area (Å²) in [4.78, 5) is 38.6. The molecule has 0 saturated carbocycles. The van der Waals surface area contributed by atoms with E-state index in [0.29, 0.717) is 11.1 Å². The van der Waals surface area contributed by atoms with E-state index in [1.165, 1.54) is 63.3 Å². The number of aromatic nitrogens is 4. The number of carbonyl (C=O) groups is 2. The van der Waals surface area contributed by atoms with Crippen LogP contribution >= 0.6 is 0 Å². The zero-order valence-corrected chi connectivity index (χ0v) is 21.8. The van der Waals surface area contributed by atoms with Gasteiger partial charge < -0.3 is 14.8 Å². The first-order valence-corrected chi connectivity index (χ1v) is 11.7. The molecule has 2 heterocycles. The Morgan fingerprint density at radius 1 is 0.667 bits per heavy atom. The van der Waals surface area contributed by atoms with Crippen molar-refractivity contribution >= 4 is 11.9 Å². The van der Waals surface area contributed by atoms with Gasteiger partial charge in [0.25, 0.3) is 5.91 Å². The molecule has 2 aromatic heterocycles. The topological polar surface area (TPSA) is 116 Å². The van der Waals surface area contributed by atoms with Gasteiger partial charge in [0.05, 0.1) is 29.4 Å². The second-order valence-electron chi connectivity index (χ2n) is 8.17. The third-order valence-corrected chi connectivity index (χ3v) is 5.30. The van der Waals surface area contributed by atoms with E-state index in [1.807, 2.05) is 0 Å². The number of nitrogens with zero attached hydrogens (tertiary/aromatic N) is 4. The molecular formula is C27H21F6N5O4. The first-order valence-electron chi connectivity index (χ1n) is 11.7. The largest absolute Gasteiger partial charge is 0.465 e. The summed E-state index contributed by atoms with van der Waals surface area (Å²) in [5.41, 5.74) is -0.235. The van der Waals surface area contributed by atoms with Crippen molar-refractivity contribution in [2.45, 2.75) is 12.4 Å². The number of hydrogen-bond donors (Lipinski definition) is 1. The molecule has 0 fully saturated rings. The van der Waals surface area contributed by atoms with Crippen LogP contribution in [0.25, 0.3) is 22.8 Å². The highest BCUT2D eigenvalue weighted by Crippen LogP contribution is 2.31. The SMILES string of the molecule is COC(=O)c1cnc(-c2ccc(C(F)(F)F)cc2)nc1.COCNC(=O)c1cnc(-c2ccc(C(F)(F)F)cc2)nc1. The summed E-state index contributed by atoms with van der Waals surface area (Å²) in [5, 5.41) is 2.47. The van der Waals surface area contributed by atoms with Gasteiger partial charge in [-0.2, -0.15) is 26.3 Å². The zero-order valence-electron chi connectivity index (χ0n) is 21.8. The second-order valence-corrected chi connectivity index (χ2v) is 8.17. The summed E-state index contributed by atoms with van der Waals surface area (Å²) in [6, 6.07) is 8.92. The predicted octanol–water partition coefficient (Wildman–Crippen LogP) is 5.45. The maximum Gasteiger partial charge on any atom is 0.416 e. The summed E-state index contributed by atoms with van der Waals surface area (Å²) in [7, 11) is 2.66. The molecule has 4 rings (SSSR count). The Kier molecular flexibility index (Phi) is 10.3. The normalized spacial score (nSPS) is 11.2. The van der Waals surface area contributed by atoms with Crippen LogP contribution in [0.2, 0.25) is 0 Å². The lowest BCUT2D eigenvalue weighted by Crippen LogP contribution is -2.25. The minimum Gasteiger partial charge on any atom is -0.465 e. The highest BCUT2D eigenvalue weighted by molar-refractivity contribution is 5.93. The van der Waals surface area contributed by atoms with Crippen molar-refractivity contribution in [2.75, 3.05) is 21.0 Å². The quantitative estimate of drug-likeness (QED) is 0.178. The molecule has 0 unspecified atom stereocenters. The molecule has 1 N–H and O–H groups in total. The maximum absolute atomic E-state index is 12.5. The van der Waals surface area contributed by atoms with E-state index in [1.54, 1.807) is 0 Å². The molecule has 0 bridgehead atoms. The minimum atomic E-state index is -4.39. The summed E-state index contributed by atoms with van der Waals surface area (Å²) >= 11 is 0. The van der Waals surface area contributed by atoms with Gasteiger partial charge in [-0.15, -0.1) is 0 Å². The van der Waals surface area contributed by atoms with E-state index in [2.05, 4.69) is 30.0 Å². The molecule has 0 saturated heterocycles. The van der Waals surface area contributed by atoms with Crippen LogP contribution < -0.4 is 5.32 Å². The molecule has 0 spiro atoms. The van der Waals surface area contributed by atoms with Crippen LogP contribution in [0.3, 0.4) is 0 Å². The number of ether oxygens (including phenoxy) is 2. The van der Waals surface area contributed by atoms with E-state index in [9.17, 15) is 35.9 Å². The maximum atomic E-state index is 12.5. The molecule has 0 aliphatic rings. The van der Waals surface area contributed by atoms with Crippen molar-refractivity contribution < 1.29 is 45.4 Å². The predicted molar refractivity (Wildman–Crippen MR) is 136 cm³/mol. The minimum absolute atomic E-state index is 0.0550. The van der Waals surface area contributed by atoms with Gasteiger partial charge in [0.15, 0.2) is 11.6 Å². The molecule has 2 aromatic carbocycles. The van der Waals surface area contributed by atoms with Gasteiger partial charge in [-0.3, -0.25) is 4.79 Å². The zero-order chi connectivity index (χ0) is 30.9. The highest BCUT2D eigenvalue weighted by Gasteiger charge is 2.30. The molecule has 9 nitrogen and oxygen atoms in total. The molecule has 0 atom stereocenters. The molecular weight excluding hydrogens is 572 g/mol. The van der Waals surface area contributed by atoms with Crippen LogP contribution in [-0.2, 0) is 21.8 Å². The van der Waals surface area contributed by atoms with Crippen molar-refractivity contribution in [3.05, 3.63) is 95.6 Å². The van der Waals surface area contributed by atoms with Crippen molar-refractivity contribution in [3.63, 3.8) is 0 Å². The Bertz CT molecular complexity index is 1480. The van der Waals surface area contributed by atoms with Gasteiger partial charge in [0, 0.05) is 43.0 Å². The molecule has 220 valence electrons. The van der Waals surface area contributed by atoms with Crippen LogP contribution in [0.5, 0.6) is 0 Å². The summed E-state index contributed by atoms with van der Waals surface area (Å²) in [6.45, 7) is 0.0550. The number of alkyl halides is 6. The van der Waals surface area contributed by atoms with Crippen LogP contribution in [0.1, 0.15) is 31.8 Å². The van der Waals surface area contributed by atoms with Crippen molar-refractivity contribution in [2.24, 2.45) is 0 Å². The molecule has 0 aliphatic carbocycles. The molecule has 42 heavy (non-hydrogen) atoms. The fraction of sp³-hybridized carbons (Fsp3) is 0.185. The smallest absolute Gasteiger partial charge is 0.416 e. The monoisotopic (exact) mass is 593 g/mol. The summed E-state index contributed by atoms with van der Waals surface area (Å²) in [6.07, 6.45) is -3.66. The van der Waals surface area contributed by atoms with E-state index in [0.717, 1.165) is 24.3 Å². The van der Waals surface area contributed by atoms with Gasteiger partial charge in [0.1, 0.15) is 6.73 Å². The first-order chi connectivity index (χ1) is 19.8. The highest BCUT2D eigenvalue weighted by atomic mass is 19.4. The fourth-order valence-electron chi connectivity index (χ4n) is 3.15. The van der Waals surface area contributed by atoms with Crippen molar-refractivity contribution in [3.8, 4) is 22.8 Å². The van der Waals surface area contributed by atoms with E-state index >= 15 is 0 Å². The third-order valence-electron chi connectivity index (χ3n) is 5.30. The number of nitrogens with one attached hydrogen (secondary N) is 1. The number of carbonyl (C=O) groups excluding carboxylic acids is 2. The number of hydrogen-bond acceptors (Lipinski definition) is 8. The lowest BCUT2D eigenvalue weighted by Gasteiger charge is -2.07. The Hall–Kier alpha value is -4.92. The van der Waals surface area contributed by atoms with E-state index in [-0.39, 0.29) is 29.5 Å². The summed E-state index contributed by atoms with van der Waals surface area (Å²) in [5.74, 6) is -0.520. The Labute approximate surface area is 234 Å². The van der Waals surface area contributed by atoms with Crippen molar-refractivity contribution in [1.82, 2.24) is 25.3 Å². The van der Waals surface area contributed by atoms with E-state index in [4.69, 9.17) is 4.74 Å². The first kappa shape index (κ1) is 31.6. The number of rotatable bonds is 6. The third kappa shape index (κ3) is 8.54. The molecule has 15 heteroatoms. The lowest BCUT2D eigenvalue weighted by atomic mass is 10.1. The Morgan fingerprint density at radius 3 is 1.38 bits per heavy atom. The number of benzene rings is 2. The van der Waals surface area contributed by atoms with Gasteiger partial charge in [-0.1, -0.05) is 24.3 Å². The van der Waals surface area contributed by atoms with Crippen LogP contribution in [-0.4, -0.2) is 52.8 Å². The lowest BCUT2D eigenvalue weighted by molar-refractivity contribution is -0.138. The van der Waals surface area contributed by atoms with Crippen LogP contribution in [0.4, 0.5) is 26.3 Å². The Morgan fingerprint density at radius 2 is 1.05 bits per heavy atom. The standard InChI is InChI=1S/C14H12F3N3O2.C13H9F3N2O2/c1-22-8-20-13(21)10-6-18-12(19-7-10)9-2-4-11(5-3-9)14(15,16)17;1-20-12(19)9-6-17-11(18-7-9)8-2-4-10(5-3-8)13(14,15)16/h2-7H,8H2,1H3,(H,20,21);2-7H,1H3. The Balaban J connectivity index is 0.000000231. The number of halogens is 6. The van der Waals surface area contributed by atoms with E-state index < -0.39 is 35.4 Å². The van der Waals surface area contributed by atoms with Gasteiger partial charge in [0.2, 0.25) is 0 Å². The molecule has 0 aliphatic heterocycles. The average Bonchev–Trinajstić information content (AvgIpc) is 2.99. The van der Waals surface area contributed by atoms with Crippen LogP contribution in [0.15, 0.2) is 73.3 Å². The second kappa shape index (κ2) is 13.6. The van der Waals surface area contributed by atoms with Crippen LogP contribution in [0, 0.1) is 0 Å². The molecule has 1 amide bonds. The number of esters is 1.